The summed E-state index contributed by atoms with van der Waals surface area (Å²) in [6.45, 7) is 1.70. The second-order valence-corrected chi connectivity index (χ2v) is 6.53. The van der Waals surface area contributed by atoms with Gasteiger partial charge in [0.05, 0.1) is 16.1 Å². The van der Waals surface area contributed by atoms with Gasteiger partial charge in [0.15, 0.2) is 11.5 Å². The number of benzene rings is 2. The quantitative estimate of drug-likeness (QED) is 0.760. The summed E-state index contributed by atoms with van der Waals surface area (Å²) < 4.78 is 32.4. The molecule has 0 atom stereocenters. The second kappa shape index (κ2) is 5.40. The van der Waals surface area contributed by atoms with E-state index < -0.39 is 16.0 Å². The maximum atomic E-state index is 12.3. The SMILES string of the molecule is Cc1nc2cc(NS(=O)(=O)c3ccc(C(=O)O)cc3)ccc2o1. The molecule has 0 bridgehead atoms. The molecule has 1 aromatic heterocycles. The van der Waals surface area contributed by atoms with Crippen LogP contribution in [0.5, 0.6) is 0 Å². The number of rotatable bonds is 4. The molecule has 2 N–H and O–H groups in total. The van der Waals surface area contributed by atoms with Crippen LogP contribution in [0.1, 0.15) is 16.2 Å². The molecule has 0 unspecified atom stereocenters. The van der Waals surface area contributed by atoms with E-state index in [1.165, 1.54) is 24.3 Å². The van der Waals surface area contributed by atoms with Gasteiger partial charge in [0, 0.05) is 6.92 Å². The molecule has 0 aliphatic heterocycles. The van der Waals surface area contributed by atoms with E-state index in [9.17, 15) is 13.2 Å². The highest BCUT2D eigenvalue weighted by Gasteiger charge is 2.16. The Hall–Kier alpha value is -2.87. The van der Waals surface area contributed by atoms with Gasteiger partial charge in [-0.25, -0.2) is 18.2 Å². The van der Waals surface area contributed by atoms with Crippen LogP contribution in [-0.4, -0.2) is 24.5 Å². The molecule has 23 heavy (non-hydrogen) atoms. The number of oxazole rings is 1. The molecule has 118 valence electrons. The fourth-order valence-corrected chi connectivity index (χ4v) is 3.15. The third kappa shape index (κ3) is 3.02. The first-order chi connectivity index (χ1) is 10.8. The van der Waals surface area contributed by atoms with Gasteiger partial charge >= 0.3 is 5.97 Å². The van der Waals surface area contributed by atoms with Crippen molar-refractivity contribution in [3.05, 3.63) is 53.9 Å². The summed E-state index contributed by atoms with van der Waals surface area (Å²) in [5.74, 6) is -0.627. The number of aromatic nitrogens is 1. The number of nitrogens with zero attached hydrogens (tertiary/aromatic N) is 1. The molecule has 7 nitrogen and oxygen atoms in total. The number of carboxylic acid groups (broad SMARTS) is 1. The van der Waals surface area contributed by atoms with Gasteiger partial charge in [-0.15, -0.1) is 0 Å². The summed E-state index contributed by atoms with van der Waals surface area (Å²) in [5.41, 5.74) is 1.47. The lowest BCUT2D eigenvalue weighted by Crippen LogP contribution is -2.13. The summed E-state index contributed by atoms with van der Waals surface area (Å²) in [7, 11) is -3.82. The van der Waals surface area contributed by atoms with Crippen molar-refractivity contribution in [2.45, 2.75) is 11.8 Å². The van der Waals surface area contributed by atoms with Crippen LogP contribution in [0.4, 0.5) is 5.69 Å². The molecule has 0 spiro atoms. The zero-order valence-corrected chi connectivity index (χ0v) is 12.8. The number of sulfonamides is 1. The Bertz CT molecular complexity index is 990. The Morgan fingerprint density at radius 3 is 2.52 bits per heavy atom. The number of carboxylic acids is 1. The van der Waals surface area contributed by atoms with Crippen LogP contribution in [0.15, 0.2) is 51.8 Å². The van der Waals surface area contributed by atoms with Gasteiger partial charge in [0.1, 0.15) is 5.52 Å². The second-order valence-electron chi connectivity index (χ2n) is 4.85. The highest BCUT2D eigenvalue weighted by Crippen LogP contribution is 2.22. The molecule has 3 rings (SSSR count). The van der Waals surface area contributed by atoms with Crippen LogP contribution in [0, 0.1) is 6.92 Å². The van der Waals surface area contributed by atoms with Gasteiger partial charge < -0.3 is 9.52 Å². The van der Waals surface area contributed by atoms with Crippen molar-refractivity contribution in [3.63, 3.8) is 0 Å². The van der Waals surface area contributed by atoms with E-state index in [0.717, 1.165) is 0 Å². The summed E-state index contributed by atoms with van der Waals surface area (Å²) in [5, 5.41) is 8.84. The van der Waals surface area contributed by atoms with Crippen LogP contribution < -0.4 is 4.72 Å². The zero-order chi connectivity index (χ0) is 16.6. The average Bonchev–Trinajstić information content (AvgIpc) is 2.86. The van der Waals surface area contributed by atoms with Gasteiger partial charge in [-0.05, 0) is 42.5 Å². The van der Waals surface area contributed by atoms with Crippen molar-refractivity contribution >= 4 is 32.8 Å². The lowest BCUT2D eigenvalue weighted by Gasteiger charge is -2.08. The van der Waals surface area contributed by atoms with Gasteiger partial charge in [-0.1, -0.05) is 0 Å². The normalized spacial score (nSPS) is 11.5. The predicted octanol–water partition coefficient (Wildman–Crippen LogP) is 2.64. The number of carbonyl (C=O) groups is 1. The lowest BCUT2D eigenvalue weighted by atomic mass is 10.2. The van der Waals surface area contributed by atoms with Gasteiger partial charge in [0.2, 0.25) is 0 Å². The molecule has 0 saturated heterocycles. The highest BCUT2D eigenvalue weighted by atomic mass is 32.2. The largest absolute Gasteiger partial charge is 0.478 e. The fourth-order valence-electron chi connectivity index (χ4n) is 2.10. The Balaban J connectivity index is 1.90. The Morgan fingerprint density at radius 2 is 1.87 bits per heavy atom. The summed E-state index contributed by atoms with van der Waals surface area (Å²) >= 11 is 0. The van der Waals surface area contributed by atoms with Gasteiger partial charge in [-0.3, -0.25) is 4.72 Å². The van der Waals surface area contributed by atoms with E-state index in [2.05, 4.69) is 9.71 Å². The maximum Gasteiger partial charge on any atom is 0.335 e. The number of nitrogens with one attached hydrogen (secondary N) is 1. The van der Waals surface area contributed by atoms with Crippen LogP contribution in [-0.2, 0) is 10.0 Å². The summed E-state index contributed by atoms with van der Waals surface area (Å²) in [4.78, 5) is 14.9. The first-order valence-electron chi connectivity index (χ1n) is 6.58. The van der Waals surface area contributed by atoms with E-state index >= 15 is 0 Å². The molecule has 8 heteroatoms. The van der Waals surface area contributed by atoms with Crippen molar-refractivity contribution < 1.29 is 22.7 Å². The number of aromatic carboxylic acids is 1. The summed E-state index contributed by atoms with van der Waals surface area (Å²) in [6, 6.07) is 9.71. The van der Waals surface area contributed by atoms with Crippen LogP contribution in [0.2, 0.25) is 0 Å². The number of aryl methyl sites for hydroxylation is 1. The first kappa shape index (κ1) is 15.0. The average molecular weight is 332 g/mol. The van der Waals surface area contributed by atoms with E-state index in [4.69, 9.17) is 9.52 Å². The van der Waals surface area contributed by atoms with Crippen molar-refractivity contribution in [1.82, 2.24) is 4.98 Å². The minimum atomic E-state index is -3.82. The molecule has 2 aromatic carbocycles. The first-order valence-corrected chi connectivity index (χ1v) is 8.07. The molecule has 0 aliphatic rings. The van der Waals surface area contributed by atoms with Crippen LogP contribution in [0.25, 0.3) is 11.1 Å². The van der Waals surface area contributed by atoms with Crippen LogP contribution in [0.3, 0.4) is 0 Å². The third-order valence-electron chi connectivity index (χ3n) is 3.16. The molecule has 0 radical (unpaired) electrons. The van der Waals surface area contributed by atoms with E-state index in [1.54, 1.807) is 25.1 Å². The van der Waals surface area contributed by atoms with Crippen molar-refractivity contribution in [2.75, 3.05) is 4.72 Å². The topological polar surface area (TPSA) is 110 Å². The molecular weight excluding hydrogens is 320 g/mol. The molecular formula is C15H12N2O5S. The van der Waals surface area contributed by atoms with Crippen molar-refractivity contribution in [3.8, 4) is 0 Å². The molecule has 0 amide bonds. The molecule has 0 aliphatic carbocycles. The van der Waals surface area contributed by atoms with Crippen LogP contribution >= 0.6 is 0 Å². The summed E-state index contributed by atoms with van der Waals surface area (Å²) in [6.07, 6.45) is 0. The molecule has 3 aromatic rings. The monoisotopic (exact) mass is 332 g/mol. The van der Waals surface area contributed by atoms with E-state index in [-0.39, 0.29) is 10.5 Å². The number of fused-ring (bicyclic) bond motifs is 1. The Kier molecular flexibility index (Phi) is 3.53. The van der Waals surface area contributed by atoms with Gasteiger partial charge in [-0.2, -0.15) is 0 Å². The minimum absolute atomic E-state index is 0.0171. The van der Waals surface area contributed by atoms with Crippen molar-refractivity contribution in [2.24, 2.45) is 0 Å². The zero-order valence-electron chi connectivity index (χ0n) is 12.0. The molecule has 1 heterocycles. The number of hydrogen-bond donors (Lipinski definition) is 2. The van der Waals surface area contributed by atoms with Gasteiger partial charge in [0.25, 0.3) is 10.0 Å². The third-order valence-corrected chi connectivity index (χ3v) is 4.56. The fraction of sp³-hybridized carbons (Fsp3) is 0.0667. The Labute approximate surface area is 131 Å². The lowest BCUT2D eigenvalue weighted by molar-refractivity contribution is 0.0696. The predicted molar refractivity (Wildman–Crippen MR) is 83.0 cm³/mol. The molecule has 0 fully saturated rings. The smallest absolute Gasteiger partial charge is 0.335 e. The van der Waals surface area contributed by atoms with Crippen molar-refractivity contribution in [1.29, 1.82) is 0 Å². The van der Waals surface area contributed by atoms with E-state index in [1.807, 2.05) is 0 Å². The highest BCUT2D eigenvalue weighted by molar-refractivity contribution is 7.92. The Morgan fingerprint density at radius 1 is 1.17 bits per heavy atom. The minimum Gasteiger partial charge on any atom is -0.478 e. The standard InChI is InChI=1S/C15H12N2O5S/c1-9-16-13-8-11(4-7-14(13)22-9)17-23(20,21)12-5-2-10(3-6-12)15(18)19/h2-8,17H,1H3,(H,18,19). The number of anilines is 1. The van der Waals surface area contributed by atoms with E-state index in [0.29, 0.717) is 22.7 Å². The number of hydrogen-bond acceptors (Lipinski definition) is 5. The molecule has 0 saturated carbocycles. The maximum absolute atomic E-state index is 12.3.